The molecule has 2 atom stereocenters. The van der Waals surface area contributed by atoms with Crippen molar-refractivity contribution in [1.82, 2.24) is 40.9 Å². The molecule has 3 heterocycles. The van der Waals surface area contributed by atoms with Crippen LogP contribution in [0.2, 0.25) is 0 Å². The summed E-state index contributed by atoms with van der Waals surface area (Å²) in [6.45, 7) is 37.1. The van der Waals surface area contributed by atoms with E-state index in [1.165, 1.54) is 25.7 Å². The lowest BCUT2D eigenvalue weighted by molar-refractivity contribution is -0.0626. The van der Waals surface area contributed by atoms with Gasteiger partial charge in [-0.25, -0.2) is 0 Å². The van der Waals surface area contributed by atoms with Gasteiger partial charge in [-0.2, -0.15) is 0 Å². The summed E-state index contributed by atoms with van der Waals surface area (Å²) in [5, 5.41) is 15.2. The van der Waals surface area contributed by atoms with E-state index in [0.717, 1.165) is 26.6 Å². The molecule has 0 spiro atoms. The van der Waals surface area contributed by atoms with Gasteiger partial charge in [-0.3, -0.25) is 24.9 Å². The molecule has 254 valence electrons. The summed E-state index contributed by atoms with van der Waals surface area (Å²) in [7, 11) is 6.66. The van der Waals surface area contributed by atoms with Gasteiger partial charge in [-0.1, -0.05) is 48.5 Å². The molecule has 2 unspecified atom stereocenters. The first-order valence-corrected chi connectivity index (χ1v) is 17.3. The lowest BCUT2D eigenvalue weighted by Crippen LogP contribution is -2.71. The Bertz CT molecular complexity index is 690. The number of piperidine rings is 2. The Morgan fingerprint density at radius 1 is 0.786 bits per heavy atom. The second-order valence-electron chi connectivity index (χ2n) is 14.7. The molecule has 0 aromatic rings. The van der Waals surface area contributed by atoms with E-state index in [1.54, 1.807) is 0 Å². The molecule has 0 bridgehead atoms. The van der Waals surface area contributed by atoms with Crippen molar-refractivity contribution >= 4 is 0 Å². The summed E-state index contributed by atoms with van der Waals surface area (Å²) < 4.78 is 0. The third-order valence-corrected chi connectivity index (χ3v) is 8.63. The van der Waals surface area contributed by atoms with Crippen LogP contribution in [0.4, 0.5) is 0 Å². The molecular weight excluding hydrogens is 520 g/mol. The Morgan fingerprint density at radius 3 is 1.60 bits per heavy atom. The molecule has 3 saturated heterocycles. The van der Waals surface area contributed by atoms with Crippen LogP contribution in [-0.4, -0.2) is 114 Å². The normalized spacial score (nSPS) is 26.7. The predicted molar refractivity (Wildman–Crippen MR) is 187 cm³/mol. The second-order valence-corrected chi connectivity index (χ2v) is 14.7. The van der Waals surface area contributed by atoms with Gasteiger partial charge in [0.25, 0.3) is 0 Å². The fourth-order valence-corrected chi connectivity index (χ4v) is 7.91. The van der Waals surface area contributed by atoms with Crippen LogP contribution in [0.3, 0.4) is 0 Å². The zero-order valence-electron chi connectivity index (χ0n) is 31.8. The minimum absolute atomic E-state index is 0.160. The summed E-state index contributed by atoms with van der Waals surface area (Å²) in [5.74, 6) is 0. The Balaban J connectivity index is 0.00000263. The van der Waals surface area contributed by atoms with E-state index in [-0.39, 0.29) is 34.5 Å². The van der Waals surface area contributed by atoms with Gasteiger partial charge in [0.2, 0.25) is 0 Å². The number of hydrogen-bond acceptors (Lipinski definition) is 8. The van der Waals surface area contributed by atoms with Crippen molar-refractivity contribution in [2.45, 2.75) is 176 Å². The van der Waals surface area contributed by atoms with Crippen molar-refractivity contribution in [2.24, 2.45) is 0 Å². The van der Waals surface area contributed by atoms with E-state index in [4.69, 9.17) is 0 Å². The Kier molecular flexibility index (Phi) is 17.8. The first kappa shape index (κ1) is 41.7. The number of nitrogens with zero attached hydrogens (tertiary/aromatic N) is 4. The third kappa shape index (κ3) is 12.6. The van der Waals surface area contributed by atoms with Crippen LogP contribution in [0.15, 0.2) is 0 Å². The van der Waals surface area contributed by atoms with Gasteiger partial charge >= 0.3 is 0 Å². The second kappa shape index (κ2) is 18.0. The van der Waals surface area contributed by atoms with E-state index in [2.05, 4.69) is 124 Å². The van der Waals surface area contributed by atoms with E-state index in [0.29, 0.717) is 12.1 Å². The first-order chi connectivity index (χ1) is 19.5. The average Bonchev–Trinajstić information content (AvgIpc) is 2.88. The molecule has 0 aromatic heterocycles. The van der Waals surface area contributed by atoms with Gasteiger partial charge in [0.05, 0.1) is 32.3 Å². The van der Waals surface area contributed by atoms with Gasteiger partial charge in [-0.15, -0.1) is 0 Å². The monoisotopic (exact) mass is 599 g/mol. The van der Waals surface area contributed by atoms with Crippen LogP contribution in [0.25, 0.3) is 0 Å². The quantitative estimate of drug-likeness (QED) is 0.273. The van der Waals surface area contributed by atoms with Crippen LogP contribution in [-0.2, 0) is 0 Å². The molecular formula is C34H78N8. The van der Waals surface area contributed by atoms with Gasteiger partial charge in [0.1, 0.15) is 0 Å². The summed E-state index contributed by atoms with van der Waals surface area (Å²) in [6, 6.07) is 1.17. The Labute approximate surface area is 264 Å². The topological polar surface area (TPSA) is 61.1 Å². The number of hydrogen-bond donors (Lipinski definition) is 4. The maximum atomic E-state index is 3.90. The summed E-state index contributed by atoms with van der Waals surface area (Å²) in [5.41, 5.74) is 0.647. The van der Waals surface area contributed by atoms with Crippen molar-refractivity contribution < 1.29 is 0 Å². The van der Waals surface area contributed by atoms with Crippen LogP contribution in [0.1, 0.15) is 130 Å². The minimum Gasteiger partial charge on any atom is -0.307 e. The maximum absolute atomic E-state index is 3.90. The molecule has 0 saturated carbocycles. The summed E-state index contributed by atoms with van der Waals surface area (Å²) in [4.78, 5) is 10.3. The SMILES string of the molecule is CC.CC.CC.CCN(CN(C)C(NC)C1NCN(C2CC(C)(C)NC(C)(C)C2)CN1C)C1CC(C)(C)NC(C)(C)C1. The highest BCUT2D eigenvalue weighted by atomic mass is 15.5. The smallest absolute Gasteiger partial charge is 0.0911 e. The number of rotatable bonds is 8. The molecule has 8 heteroatoms. The van der Waals surface area contributed by atoms with Crippen LogP contribution in [0.5, 0.6) is 0 Å². The molecule has 3 aliphatic heterocycles. The average molecular weight is 599 g/mol. The number of nitrogens with one attached hydrogen (secondary N) is 4. The third-order valence-electron chi connectivity index (χ3n) is 8.63. The molecule has 0 radical (unpaired) electrons. The van der Waals surface area contributed by atoms with Gasteiger partial charge in [0, 0.05) is 34.2 Å². The Hall–Kier alpha value is -0.320. The molecule has 42 heavy (non-hydrogen) atoms. The number of likely N-dealkylation sites (N-methyl/N-ethyl adjacent to an activating group) is 3. The lowest BCUT2D eigenvalue weighted by atomic mass is 9.79. The van der Waals surface area contributed by atoms with E-state index < -0.39 is 0 Å². The van der Waals surface area contributed by atoms with E-state index >= 15 is 0 Å². The van der Waals surface area contributed by atoms with Crippen molar-refractivity contribution in [1.29, 1.82) is 0 Å². The van der Waals surface area contributed by atoms with Gasteiger partial charge in [0.15, 0.2) is 0 Å². The molecule has 0 aliphatic carbocycles. The molecule has 0 amide bonds. The Morgan fingerprint density at radius 2 is 1.21 bits per heavy atom. The largest absolute Gasteiger partial charge is 0.307 e. The van der Waals surface area contributed by atoms with Crippen LogP contribution in [0, 0.1) is 0 Å². The highest BCUT2D eigenvalue weighted by Crippen LogP contribution is 2.33. The van der Waals surface area contributed by atoms with Crippen molar-refractivity contribution in [3.8, 4) is 0 Å². The molecule has 4 N–H and O–H groups in total. The van der Waals surface area contributed by atoms with Crippen molar-refractivity contribution in [3.63, 3.8) is 0 Å². The van der Waals surface area contributed by atoms with Crippen molar-refractivity contribution in [2.75, 3.05) is 47.7 Å². The molecule has 0 aromatic carbocycles. The van der Waals surface area contributed by atoms with E-state index in [1.807, 2.05) is 41.5 Å². The lowest BCUT2D eigenvalue weighted by Gasteiger charge is -2.54. The zero-order chi connectivity index (χ0) is 33.1. The van der Waals surface area contributed by atoms with Crippen LogP contribution < -0.4 is 21.3 Å². The fraction of sp³-hybridized carbons (Fsp3) is 1.00. The summed E-state index contributed by atoms with van der Waals surface area (Å²) in [6.07, 6.45) is 5.22. The minimum atomic E-state index is 0.160. The highest BCUT2D eigenvalue weighted by Gasteiger charge is 2.43. The molecule has 3 rings (SSSR count). The van der Waals surface area contributed by atoms with Crippen LogP contribution >= 0.6 is 0 Å². The standard InChI is InChI=1S/C28H60N8.3C2H6/c1-13-35(21-14-25(2,3)31-26(4,5)15-21)19-33(11)23(29-10)24-30-18-36(20-34(24)12)22-16-27(6,7)32-28(8,9)17-22;3*1-2/h21-24,29-32H,13-20H2,1-12H3;3*1-2H3. The maximum Gasteiger partial charge on any atom is 0.0911 e. The predicted octanol–water partition coefficient (Wildman–Crippen LogP) is 5.52. The van der Waals surface area contributed by atoms with Crippen molar-refractivity contribution in [3.05, 3.63) is 0 Å². The van der Waals surface area contributed by atoms with Gasteiger partial charge < -0.3 is 16.0 Å². The zero-order valence-corrected chi connectivity index (χ0v) is 31.8. The highest BCUT2D eigenvalue weighted by molar-refractivity contribution is 5.02. The molecule has 3 aliphatic rings. The summed E-state index contributed by atoms with van der Waals surface area (Å²) >= 11 is 0. The van der Waals surface area contributed by atoms with E-state index in [9.17, 15) is 0 Å². The molecule has 3 fully saturated rings. The fourth-order valence-electron chi connectivity index (χ4n) is 7.91. The van der Waals surface area contributed by atoms with Gasteiger partial charge in [-0.05, 0) is 109 Å². The first-order valence-electron chi connectivity index (χ1n) is 17.3. The molecule has 8 nitrogen and oxygen atoms in total.